The highest BCUT2D eigenvalue weighted by atomic mass is 32.2. The molecular formula is C18H22N2O3S. The van der Waals surface area contributed by atoms with E-state index >= 15 is 0 Å². The van der Waals surface area contributed by atoms with Crippen molar-refractivity contribution in [3.05, 3.63) is 59.4 Å². The minimum absolute atomic E-state index is 0.0875. The predicted octanol–water partition coefficient (Wildman–Crippen LogP) is 2.25. The minimum atomic E-state index is -3.12. The van der Waals surface area contributed by atoms with Crippen LogP contribution in [0.2, 0.25) is 0 Å². The number of carbonyl (C=O) groups excluding carboxylic acids is 1. The number of likely N-dealkylation sites (tertiary alicyclic amines) is 1. The molecule has 0 aliphatic carbocycles. The summed E-state index contributed by atoms with van der Waals surface area (Å²) in [6.45, 7) is 0.897. The van der Waals surface area contributed by atoms with E-state index in [-0.39, 0.29) is 12.5 Å². The van der Waals surface area contributed by atoms with E-state index in [0.717, 1.165) is 17.5 Å². The van der Waals surface area contributed by atoms with Gasteiger partial charge in [0.25, 0.3) is 5.91 Å². The lowest BCUT2D eigenvalue weighted by Crippen LogP contribution is -2.45. The Bertz CT molecular complexity index is 812. The van der Waals surface area contributed by atoms with E-state index in [2.05, 4.69) is 4.98 Å². The van der Waals surface area contributed by atoms with Crippen LogP contribution in [0.1, 0.15) is 34.3 Å². The Morgan fingerprint density at radius 3 is 2.71 bits per heavy atom. The molecule has 1 fully saturated rings. The standard InChI is InChI=1S/C18H22N2O3S/c1-24(22,23)16-8-5-9-20(13-16)18(21)17-12-19-11-15(17)10-14-6-3-2-4-7-14/h2-4,6-7,11-12,16,19H,5,8-10,13H2,1H3. The van der Waals surface area contributed by atoms with Gasteiger partial charge in [0.1, 0.15) is 0 Å². The SMILES string of the molecule is CS(=O)(=O)C1CCCN(C(=O)c2c[nH]cc2Cc2ccccc2)C1. The van der Waals surface area contributed by atoms with Crippen LogP contribution >= 0.6 is 0 Å². The number of nitrogens with one attached hydrogen (secondary N) is 1. The first kappa shape index (κ1) is 16.8. The van der Waals surface area contributed by atoms with Gasteiger partial charge in [-0.15, -0.1) is 0 Å². The van der Waals surface area contributed by atoms with Gasteiger partial charge in [-0.25, -0.2) is 8.42 Å². The van der Waals surface area contributed by atoms with Crippen LogP contribution in [0.5, 0.6) is 0 Å². The Morgan fingerprint density at radius 2 is 2.00 bits per heavy atom. The molecule has 1 atom stereocenters. The van der Waals surface area contributed by atoms with Crippen molar-refractivity contribution in [1.29, 1.82) is 0 Å². The van der Waals surface area contributed by atoms with Crippen molar-refractivity contribution in [3.8, 4) is 0 Å². The number of piperidine rings is 1. The van der Waals surface area contributed by atoms with Crippen molar-refractivity contribution >= 4 is 15.7 Å². The number of aromatic nitrogens is 1. The first-order valence-electron chi connectivity index (χ1n) is 8.13. The third kappa shape index (κ3) is 3.70. The number of amides is 1. The fraction of sp³-hybridized carbons (Fsp3) is 0.389. The van der Waals surface area contributed by atoms with Gasteiger partial charge in [0, 0.05) is 31.7 Å². The van der Waals surface area contributed by atoms with E-state index in [0.29, 0.717) is 24.9 Å². The second-order valence-electron chi connectivity index (χ2n) is 6.40. The summed E-state index contributed by atoms with van der Waals surface area (Å²) in [6, 6.07) is 9.98. The molecule has 1 saturated heterocycles. The molecular weight excluding hydrogens is 324 g/mol. The number of hydrogen-bond donors (Lipinski definition) is 1. The summed E-state index contributed by atoms with van der Waals surface area (Å²) in [7, 11) is -3.12. The lowest BCUT2D eigenvalue weighted by molar-refractivity contribution is 0.0726. The Morgan fingerprint density at radius 1 is 1.25 bits per heavy atom. The first-order valence-corrected chi connectivity index (χ1v) is 10.1. The summed E-state index contributed by atoms with van der Waals surface area (Å²) in [4.78, 5) is 17.5. The van der Waals surface area contributed by atoms with Gasteiger partial charge in [-0.3, -0.25) is 4.79 Å². The quantitative estimate of drug-likeness (QED) is 0.923. The number of aromatic amines is 1. The summed E-state index contributed by atoms with van der Waals surface area (Å²) in [6.07, 6.45) is 6.84. The topological polar surface area (TPSA) is 70.2 Å². The normalized spacial score (nSPS) is 18.5. The van der Waals surface area contributed by atoms with Crippen molar-refractivity contribution in [2.45, 2.75) is 24.5 Å². The largest absolute Gasteiger partial charge is 0.367 e. The second-order valence-corrected chi connectivity index (χ2v) is 8.73. The van der Waals surface area contributed by atoms with Crippen molar-refractivity contribution in [1.82, 2.24) is 9.88 Å². The summed E-state index contributed by atoms with van der Waals surface area (Å²) < 4.78 is 23.6. The third-order valence-corrected chi connectivity index (χ3v) is 6.17. The molecule has 1 aliphatic heterocycles. The molecule has 0 spiro atoms. The molecule has 24 heavy (non-hydrogen) atoms. The number of hydrogen-bond acceptors (Lipinski definition) is 3. The highest BCUT2D eigenvalue weighted by Crippen LogP contribution is 2.21. The molecule has 0 bridgehead atoms. The number of rotatable bonds is 4. The van der Waals surface area contributed by atoms with Gasteiger partial charge in [0.2, 0.25) is 0 Å². The van der Waals surface area contributed by atoms with Gasteiger partial charge in [0.05, 0.1) is 10.8 Å². The number of nitrogens with zero attached hydrogens (tertiary/aromatic N) is 1. The van der Waals surface area contributed by atoms with Crippen LogP contribution in [0.25, 0.3) is 0 Å². The maximum Gasteiger partial charge on any atom is 0.255 e. The number of sulfone groups is 1. The molecule has 1 unspecified atom stereocenters. The van der Waals surface area contributed by atoms with Crippen LogP contribution in [0.15, 0.2) is 42.7 Å². The van der Waals surface area contributed by atoms with E-state index < -0.39 is 15.1 Å². The zero-order valence-corrected chi connectivity index (χ0v) is 14.6. The molecule has 5 nitrogen and oxygen atoms in total. The van der Waals surface area contributed by atoms with Crippen molar-refractivity contribution in [3.63, 3.8) is 0 Å². The second kappa shape index (κ2) is 6.81. The highest BCUT2D eigenvalue weighted by Gasteiger charge is 2.31. The summed E-state index contributed by atoms with van der Waals surface area (Å²) >= 11 is 0. The van der Waals surface area contributed by atoms with Gasteiger partial charge < -0.3 is 9.88 Å². The fourth-order valence-corrected chi connectivity index (χ4v) is 4.25. The minimum Gasteiger partial charge on any atom is -0.367 e. The van der Waals surface area contributed by atoms with Crippen molar-refractivity contribution in [2.75, 3.05) is 19.3 Å². The lowest BCUT2D eigenvalue weighted by Gasteiger charge is -2.31. The summed E-state index contributed by atoms with van der Waals surface area (Å²) in [5.74, 6) is -0.0875. The van der Waals surface area contributed by atoms with Gasteiger partial charge >= 0.3 is 0 Å². The summed E-state index contributed by atoms with van der Waals surface area (Å²) in [5.41, 5.74) is 2.71. The molecule has 0 radical (unpaired) electrons. The molecule has 2 aromatic rings. The number of benzene rings is 1. The van der Waals surface area contributed by atoms with Crippen LogP contribution < -0.4 is 0 Å². The van der Waals surface area contributed by atoms with Gasteiger partial charge in [0.15, 0.2) is 9.84 Å². The Balaban J connectivity index is 1.77. The van der Waals surface area contributed by atoms with Crippen LogP contribution in [-0.4, -0.2) is 48.8 Å². The number of carbonyl (C=O) groups is 1. The highest BCUT2D eigenvalue weighted by molar-refractivity contribution is 7.91. The van der Waals surface area contributed by atoms with Crippen molar-refractivity contribution < 1.29 is 13.2 Å². The van der Waals surface area contributed by atoms with Crippen LogP contribution in [0.4, 0.5) is 0 Å². The summed E-state index contributed by atoms with van der Waals surface area (Å²) in [5, 5.41) is -0.452. The van der Waals surface area contributed by atoms with Crippen molar-refractivity contribution in [2.24, 2.45) is 0 Å². The molecule has 1 amide bonds. The maximum absolute atomic E-state index is 12.9. The van der Waals surface area contributed by atoms with E-state index in [1.807, 2.05) is 36.5 Å². The fourth-order valence-electron chi connectivity index (χ4n) is 3.20. The van der Waals surface area contributed by atoms with E-state index in [1.165, 1.54) is 6.26 Å². The maximum atomic E-state index is 12.9. The van der Waals surface area contributed by atoms with Gasteiger partial charge in [-0.05, 0) is 30.4 Å². The lowest BCUT2D eigenvalue weighted by atomic mass is 10.0. The van der Waals surface area contributed by atoms with E-state index in [1.54, 1.807) is 11.1 Å². The van der Waals surface area contributed by atoms with Gasteiger partial charge in [-0.2, -0.15) is 0 Å². The molecule has 0 saturated carbocycles. The predicted molar refractivity (Wildman–Crippen MR) is 93.8 cm³/mol. The molecule has 128 valence electrons. The number of H-pyrrole nitrogens is 1. The zero-order chi connectivity index (χ0) is 17.2. The Kier molecular flexibility index (Phi) is 4.76. The van der Waals surface area contributed by atoms with Gasteiger partial charge in [-0.1, -0.05) is 30.3 Å². The average molecular weight is 346 g/mol. The monoisotopic (exact) mass is 346 g/mol. The molecule has 3 rings (SSSR count). The van der Waals surface area contributed by atoms with Crippen LogP contribution in [-0.2, 0) is 16.3 Å². The van der Waals surface area contributed by atoms with Crippen LogP contribution in [0.3, 0.4) is 0 Å². The third-order valence-electron chi connectivity index (χ3n) is 4.57. The van der Waals surface area contributed by atoms with E-state index in [9.17, 15) is 13.2 Å². The zero-order valence-electron chi connectivity index (χ0n) is 13.7. The molecule has 1 aromatic carbocycles. The van der Waals surface area contributed by atoms with E-state index in [4.69, 9.17) is 0 Å². The molecule has 1 N–H and O–H groups in total. The Hall–Kier alpha value is -2.08. The molecule has 6 heteroatoms. The molecule has 2 heterocycles. The molecule has 1 aliphatic rings. The molecule has 1 aromatic heterocycles. The first-order chi connectivity index (χ1) is 11.4. The Labute approximate surface area is 142 Å². The smallest absolute Gasteiger partial charge is 0.255 e. The van der Waals surface area contributed by atoms with Crippen LogP contribution in [0, 0.1) is 0 Å². The average Bonchev–Trinajstić information content (AvgIpc) is 3.02.